The summed E-state index contributed by atoms with van der Waals surface area (Å²) in [6, 6.07) is 0.110. The van der Waals surface area contributed by atoms with E-state index >= 15 is 0 Å². The molecule has 2 N–H and O–H groups in total. The van der Waals surface area contributed by atoms with Gasteiger partial charge in [0.15, 0.2) is 0 Å². The number of nitrogens with two attached hydrogens (primary N) is 1. The predicted octanol–water partition coefficient (Wildman–Crippen LogP) is 2.12. The van der Waals surface area contributed by atoms with Crippen LogP contribution in [-0.4, -0.2) is 15.0 Å². The van der Waals surface area contributed by atoms with Gasteiger partial charge in [0.2, 0.25) is 0 Å². The molecule has 0 radical (unpaired) electrons. The van der Waals surface area contributed by atoms with Crippen molar-refractivity contribution in [3.8, 4) is 0 Å². The maximum atomic E-state index is 6.37. The average Bonchev–Trinajstić information content (AvgIpc) is 2.87. The summed E-state index contributed by atoms with van der Waals surface area (Å²) in [5, 5.41) is 8.10. The zero-order chi connectivity index (χ0) is 11.5. The Morgan fingerprint density at radius 3 is 3.00 bits per heavy atom. The fourth-order valence-electron chi connectivity index (χ4n) is 2.84. The molecule has 0 amide bonds. The Kier molecular flexibility index (Phi) is 3.59. The van der Waals surface area contributed by atoms with Crippen molar-refractivity contribution < 1.29 is 0 Å². The highest BCUT2D eigenvalue weighted by atomic mass is 15.4. The minimum Gasteiger partial charge on any atom is -0.322 e. The normalized spacial score (nSPS) is 27.2. The van der Waals surface area contributed by atoms with E-state index in [1.54, 1.807) is 0 Å². The van der Waals surface area contributed by atoms with Gasteiger partial charge in [-0.05, 0) is 24.7 Å². The first-order valence-electron chi connectivity index (χ1n) is 6.38. The van der Waals surface area contributed by atoms with Gasteiger partial charge in [-0.3, -0.25) is 0 Å². The van der Waals surface area contributed by atoms with Crippen molar-refractivity contribution in [2.75, 3.05) is 0 Å². The largest absolute Gasteiger partial charge is 0.322 e. The molecule has 1 aliphatic rings. The molecular formula is C12H22N4. The van der Waals surface area contributed by atoms with Gasteiger partial charge in [-0.25, -0.2) is 4.68 Å². The van der Waals surface area contributed by atoms with E-state index in [2.05, 4.69) is 24.2 Å². The molecule has 4 nitrogen and oxygen atoms in total. The second kappa shape index (κ2) is 4.95. The molecule has 90 valence electrons. The van der Waals surface area contributed by atoms with Crippen LogP contribution in [0.5, 0.6) is 0 Å². The molecule has 0 aromatic carbocycles. The Morgan fingerprint density at radius 1 is 1.56 bits per heavy atom. The quantitative estimate of drug-likeness (QED) is 0.849. The van der Waals surface area contributed by atoms with Gasteiger partial charge in [-0.1, -0.05) is 31.9 Å². The zero-order valence-electron chi connectivity index (χ0n) is 10.3. The number of rotatable bonds is 4. The Hall–Kier alpha value is -0.900. The van der Waals surface area contributed by atoms with Crippen LogP contribution >= 0.6 is 0 Å². The van der Waals surface area contributed by atoms with E-state index in [9.17, 15) is 0 Å². The van der Waals surface area contributed by atoms with Crippen LogP contribution < -0.4 is 5.73 Å². The molecule has 16 heavy (non-hydrogen) atoms. The molecule has 2 rings (SSSR count). The number of hydrogen-bond acceptors (Lipinski definition) is 3. The maximum Gasteiger partial charge on any atom is 0.0757 e. The molecule has 0 bridgehead atoms. The minimum atomic E-state index is 0.110. The van der Waals surface area contributed by atoms with E-state index < -0.39 is 0 Å². The zero-order valence-corrected chi connectivity index (χ0v) is 10.3. The molecule has 4 heteroatoms. The summed E-state index contributed by atoms with van der Waals surface area (Å²) in [6.07, 6.45) is 6.79. The van der Waals surface area contributed by atoms with Crippen LogP contribution in [0.15, 0.2) is 6.20 Å². The molecule has 0 saturated heterocycles. The summed E-state index contributed by atoms with van der Waals surface area (Å²) in [5.41, 5.74) is 7.48. The number of aryl methyl sites for hydroxylation is 1. The highest BCUT2D eigenvalue weighted by molar-refractivity contribution is 5.05. The molecule has 1 fully saturated rings. The van der Waals surface area contributed by atoms with Gasteiger partial charge in [0.05, 0.1) is 17.9 Å². The van der Waals surface area contributed by atoms with Gasteiger partial charge in [0.1, 0.15) is 0 Å². The standard InChI is InChI=1S/C12H22N4/c1-3-7-16-11(8-14-15-16)12(13)10-6-4-5-9(10)2/h8-10,12H,3-7,13H2,1-2H3. The number of nitrogens with zero attached hydrogens (tertiary/aromatic N) is 3. The molecule has 1 aliphatic carbocycles. The van der Waals surface area contributed by atoms with Crippen LogP contribution in [0, 0.1) is 11.8 Å². The Balaban J connectivity index is 2.13. The summed E-state index contributed by atoms with van der Waals surface area (Å²) >= 11 is 0. The SMILES string of the molecule is CCCn1nncc1C(N)C1CCCC1C. The lowest BCUT2D eigenvalue weighted by Gasteiger charge is -2.23. The monoisotopic (exact) mass is 222 g/mol. The fourth-order valence-corrected chi connectivity index (χ4v) is 2.84. The summed E-state index contributed by atoms with van der Waals surface area (Å²) in [7, 11) is 0. The summed E-state index contributed by atoms with van der Waals surface area (Å²) in [4.78, 5) is 0. The lowest BCUT2D eigenvalue weighted by Crippen LogP contribution is -2.26. The van der Waals surface area contributed by atoms with E-state index in [-0.39, 0.29) is 6.04 Å². The van der Waals surface area contributed by atoms with E-state index in [1.807, 2.05) is 10.9 Å². The third-order valence-electron chi connectivity index (χ3n) is 3.81. The van der Waals surface area contributed by atoms with E-state index in [0.29, 0.717) is 5.92 Å². The lowest BCUT2D eigenvalue weighted by molar-refractivity contribution is 0.334. The second-order valence-electron chi connectivity index (χ2n) is 4.98. The molecule has 1 aromatic heterocycles. The molecule has 1 aromatic rings. The molecule has 3 unspecified atom stereocenters. The highest BCUT2D eigenvalue weighted by Crippen LogP contribution is 2.38. The number of hydrogen-bond donors (Lipinski definition) is 1. The van der Waals surface area contributed by atoms with Crippen molar-refractivity contribution in [1.82, 2.24) is 15.0 Å². The first-order chi connectivity index (χ1) is 7.74. The van der Waals surface area contributed by atoms with E-state index in [4.69, 9.17) is 5.73 Å². The smallest absolute Gasteiger partial charge is 0.0757 e. The van der Waals surface area contributed by atoms with E-state index in [0.717, 1.165) is 24.6 Å². The van der Waals surface area contributed by atoms with Crippen LogP contribution in [0.2, 0.25) is 0 Å². The van der Waals surface area contributed by atoms with Crippen LogP contribution in [0.4, 0.5) is 0 Å². The molecular weight excluding hydrogens is 200 g/mol. The Morgan fingerprint density at radius 2 is 2.38 bits per heavy atom. The van der Waals surface area contributed by atoms with Crippen LogP contribution in [0.1, 0.15) is 51.3 Å². The van der Waals surface area contributed by atoms with Crippen molar-refractivity contribution in [2.45, 2.75) is 52.1 Å². The van der Waals surface area contributed by atoms with Crippen molar-refractivity contribution in [1.29, 1.82) is 0 Å². The summed E-state index contributed by atoms with van der Waals surface area (Å²) < 4.78 is 1.97. The van der Waals surface area contributed by atoms with Crippen molar-refractivity contribution in [3.63, 3.8) is 0 Å². The number of aromatic nitrogens is 3. The van der Waals surface area contributed by atoms with Gasteiger partial charge in [-0.2, -0.15) is 0 Å². The fraction of sp³-hybridized carbons (Fsp3) is 0.833. The van der Waals surface area contributed by atoms with Gasteiger partial charge < -0.3 is 5.73 Å². The van der Waals surface area contributed by atoms with Crippen molar-refractivity contribution >= 4 is 0 Å². The van der Waals surface area contributed by atoms with Crippen LogP contribution in [0.3, 0.4) is 0 Å². The van der Waals surface area contributed by atoms with E-state index in [1.165, 1.54) is 19.3 Å². The Labute approximate surface area is 97.2 Å². The average molecular weight is 222 g/mol. The highest BCUT2D eigenvalue weighted by Gasteiger charge is 2.31. The van der Waals surface area contributed by atoms with Crippen LogP contribution in [-0.2, 0) is 6.54 Å². The van der Waals surface area contributed by atoms with Gasteiger partial charge in [0.25, 0.3) is 0 Å². The Bertz CT molecular complexity index is 334. The van der Waals surface area contributed by atoms with Gasteiger partial charge in [-0.15, -0.1) is 5.10 Å². The van der Waals surface area contributed by atoms with Crippen molar-refractivity contribution in [3.05, 3.63) is 11.9 Å². The van der Waals surface area contributed by atoms with Crippen molar-refractivity contribution in [2.24, 2.45) is 17.6 Å². The van der Waals surface area contributed by atoms with Crippen LogP contribution in [0.25, 0.3) is 0 Å². The topological polar surface area (TPSA) is 56.7 Å². The molecule has 0 aliphatic heterocycles. The second-order valence-corrected chi connectivity index (χ2v) is 4.98. The minimum absolute atomic E-state index is 0.110. The lowest BCUT2D eigenvalue weighted by atomic mass is 9.89. The van der Waals surface area contributed by atoms with Gasteiger partial charge in [0, 0.05) is 6.54 Å². The molecule has 1 saturated carbocycles. The first kappa shape index (κ1) is 11.6. The summed E-state index contributed by atoms with van der Waals surface area (Å²) in [6.45, 7) is 5.38. The summed E-state index contributed by atoms with van der Waals surface area (Å²) in [5.74, 6) is 1.34. The molecule has 1 heterocycles. The predicted molar refractivity (Wildman–Crippen MR) is 63.7 cm³/mol. The molecule has 0 spiro atoms. The molecule has 3 atom stereocenters. The third-order valence-corrected chi connectivity index (χ3v) is 3.81. The maximum absolute atomic E-state index is 6.37. The third kappa shape index (κ3) is 2.12. The first-order valence-corrected chi connectivity index (χ1v) is 6.38. The van der Waals surface area contributed by atoms with Gasteiger partial charge >= 0.3 is 0 Å².